The lowest BCUT2D eigenvalue weighted by atomic mass is 10.0. The van der Waals surface area contributed by atoms with Crippen LogP contribution in [0.2, 0.25) is 0 Å². The SMILES string of the molecule is CC.CCC(C)=N/C(C)=C(\C=C(\C)CC)C(=O)N(CCC(C)CC)Cc1ccc(OC(CCNC)c2ccccc2)cc1. The molecule has 2 aromatic carbocycles. The van der Waals surface area contributed by atoms with Crippen LogP contribution >= 0.6 is 0 Å². The Labute approximate surface area is 263 Å². The number of allylic oxidation sites excluding steroid dienone is 2. The van der Waals surface area contributed by atoms with Crippen LogP contribution in [0.25, 0.3) is 0 Å². The Balaban J connectivity index is 0.00000452. The summed E-state index contributed by atoms with van der Waals surface area (Å²) < 4.78 is 6.43. The number of benzene rings is 2. The molecule has 0 aliphatic carbocycles. The van der Waals surface area contributed by atoms with Crippen molar-refractivity contribution in [1.29, 1.82) is 0 Å². The zero-order valence-corrected chi connectivity index (χ0v) is 28.8. The van der Waals surface area contributed by atoms with Crippen LogP contribution in [0.5, 0.6) is 5.75 Å². The molecule has 2 aromatic rings. The van der Waals surface area contributed by atoms with Crippen molar-refractivity contribution in [2.75, 3.05) is 20.1 Å². The third-order valence-electron chi connectivity index (χ3n) is 7.72. The standard InChI is InChI=1S/C36H53N3O2.C2H6/c1-9-27(4)22-24-39(36(40)34(25-28(5)10-2)30(7)38-29(6)11-3)26-31-17-19-33(20-18-31)41-35(21-23-37-8)32-15-13-12-14-16-32;1-2/h12-20,25,27,35,37H,9-11,21-24,26H2,1-8H3;1-2H3/b28-25-,34-30+,38-29?;. The van der Waals surface area contributed by atoms with Gasteiger partial charge in [-0.3, -0.25) is 9.79 Å². The Morgan fingerprint density at radius 2 is 1.60 bits per heavy atom. The maximum absolute atomic E-state index is 14.1. The molecule has 0 aromatic heterocycles. The summed E-state index contributed by atoms with van der Waals surface area (Å²) in [5, 5.41) is 3.23. The van der Waals surface area contributed by atoms with E-state index in [4.69, 9.17) is 9.73 Å². The number of hydrogen-bond donors (Lipinski definition) is 1. The lowest BCUT2D eigenvalue weighted by Crippen LogP contribution is -2.33. The molecule has 0 saturated heterocycles. The second-order valence-electron chi connectivity index (χ2n) is 11.1. The van der Waals surface area contributed by atoms with Crippen LogP contribution in [0.1, 0.15) is 112 Å². The van der Waals surface area contributed by atoms with Crippen molar-refractivity contribution in [3.8, 4) is 5.75 Å². The number of ether oxygens (including phenoxy) is 1. The first-order chi connectivity index (χ1) is 20.7. The molecule has 0 fully saturated rings. The lowest BCUT2D eigenvalue weighted by Gasteiger charge is -2.26. The van der Waals surface area contributed by atoms with E-state index >= 15 is 0 Å². The molecule has 1 N–H and O–H groups in total. The van der Waals surface area contributed by atoms with Gasteiger partial charge < -0.3 is 15.0 Å². The predicted octanol–water partition coefficient (Wildman–Crippen LogP) is 9.71. The number of rotatable bonds is 17. The molecule has 0 aliphatic rings. The van der Waals surface area contributed by atoms with Gasteiger partial charge in [-0.15, -0.1) is 0 Å². The van der Waals surface area contributed by atoms with E-state index in [0.29, 0.717) is 24.6 Å². The fraction of sp³-hybridized carbons (Fsp3) is 0.526. The summed E-state index contributed by atoms with van der Waals surface area (Å²) in [6.45, 7) is 20.9. The molecule has 0 saturated carbocycles. The van der Waals surface area contributed by atoms with E-state index in [1.807, 2.05) is 63.9 Å². The molecule has 1 amide bonds. The highest BCUT2D eigenvalue weighted by Gasteiger charge is 2.21. The normalized spacial score (nSPS) is 13.8. The van der Waals surface area contributed by atoms with Crippen LogP contribution in [0.3, 0.4) is 0 Å². The summed E-state index contributed by atoms with van der Waals surface area (Å²) in [5.41, 5.74) is 5.93. The highest BCUT2D eigenvalue weighted by atomic mass is 16.5. The van der Waals surface area contributed by atoms with Crippen molar-refractivity contribution < 1.29 is 9.53 Å². The van der Waals surface area contributed by atoms with Gasteiger partial charge >= 0.3 is 0 Å². The first-order valence-corrected chi connectivity index (χ1v) is 16.4. The van der Waals surface area contributed by atoms with E-state index in [1.165, 1.54) is 11.1 Å². The monoisotopic (exact) mass is 589 g/mol. The average molecular weight is 590 g/mol. The van der Waals surface area contributed by atoms with Gasteiger partial charge in [-0.25, -0.2) is 0 Å². The summed E-state index contributed by atoms with van der Waals surface area (Å²) in [7, 11) is 1.96. The molecule has 238 valence electrons. The van der Waals surface area contributed by atoms with Gasteiger partial charge in [0.2, 0.25) is 0 Å². The van der Waals surface area contributed by atoms with Crippen molar-refractivity contribution in [2.24, 2.45) is 10.9 Å². The second-order valence-corrected chi connectivity index (χ2v) is 11.1. The zero-order chi connectivity index (χ0) is 32.2. The summed E-state index contributed by atoms with van der Waals surface area (Å²) in [4.78, 5) is 20.9. The molecule has 0 bridgehead atoms. The van der Waals surface area contributed by atoms with Crippen molar-refractivity contribution in [1.82, 2.24) is 10.2 Å². The molecule has 2 unspecified atom stereocenters. The first-order valence-electron chi connectivity index (χ1n) is 16.4. The Hall–Kier alpha value is -3.18. The van der Waals surface area contributed by atoms with Crippen molar-refractivity contribution in [3.05, 3.63) is 88.6 Å². The van der Waals surface area contributed by atoms with Crippen LogP contribution in [0, 0.1) is 5.92 Å². The Kier molecular flexibility index (Phi) is 18.9. The van der Waals surface area contributed by atoms with Crippen LogP contribution in [0.4, 0.5) is 0 Å². The van der Waals surface area contributed by atoms with Crippen LogP contribution < -0.4 is 10.1 Å². The second kappa shape index (κ2) is 21.5. The zero-order valence-electron chi connectivity index (χ0n) is 28.8. The lowest BCUT2D eigenvalue weighted by molar-refractivity contribution is -0.127. The van der Waals surface area contributed by atoms with E-state index < -0.39 is 0 Å². The minimum atomic E-state index is -0.0282. The van der Waals surface area contributed by atoms with Crippen molar-refractivity contribution in [3.63, 3.8) is 0 Å². The molecule has 0 spiro atoms. The summed E-state index contributed by atoms with van der Waals surface area (Å²) in [5.74, 6) is 1.43. The summed E-state index contributed by atoms with van der Waals surface area (Å²) in [6.07, 6.45) is 6.70. The van der Waals surface area contributed by atoms with E-state index in [1.54, 1.807) is 0 Å². The Bertz CT molecular complexity index is 1150. The van der Waals surface area contributed by atoms with E-state index in [0.717, 1.165) is 61.4 Å². The Morgan fingerprint density at radius 3 is 2.16 bits per heavy atom. The minimum Gasteiger partial charge on any atom is -0.486 e. The molecular formula is C38H59N3O2. The molecule has 0 heterocycles. The topological polar surface area (TPSA) is 53.9 Å². The average Bonchev–Trinajstić information content (AvgIpc) is 3.04. The van der Waals surface area contributed by atoms with Crippen molar-refractivity contribution >= 4 is 11.6 Å². The minimum absolute atomic E-state index is 0.0282. The quantitative estimate of drug-likeness (QED) is 0.114. The van der Waals surface area contributed by atoms with Gasteiger partial charge in [-0.2, -0.15) is 0 Å². The smallest absolute Gasteiger partial charge is 0.255 e. The summed E-state index contributed by atoms with van der Waals surface area (Å²) in [6, 6.07) is 18.6. The molecule has 5 heteroatoms. The van der Waals surface area contributed by atoms with Gasteiger partial charge in [-0.1, -0.05) is 96.0 Å². The van der Waals surface area contributed by atoms with Crippen LogP contribution in [-0.2, 0) is 11.3 Å². The number of amides is 1. The summed E-state index contributed by atoms with van der Waals surface area (Å²) >= 11 is 0. The fourth-order valence-corrected chi connectivity index (χ4v) is 4.39. The van der Waals surface area contributed by atoms with Gasteiger partial charge in [0, 0.05) is 30.9 Å². The molecular weight excluding hydrogens is 530 g/mol. The molecule has 0 aliphatic heterocycles. The number of aliphatic imine (C=N–C) groups is 1. The number of nitrogens with one attached hydrogen (secondary N) is 1. The van der Waals surface area contributed by atoms with Gasteiger partial charge in [0.05, 0.1) is 5.57 Å². The molecule has 5 nitrogen and oxygen atoms in total. The Morgan fingerprint density at radius 1 is 0.953 bits per heavy atom. The molecule has 0 radical (unpaired) electrons. The highest BCUT2D eigenvalue weighted by Crippen LogP contribution is 2.26. The van der Waals surface area contributed by atoms with E-state index in [9.17, 15) is 4.79 Å². The third-order valence-corrected chi connectivity index (χ3v) is 7.72. The van der Waals surface area contributed by atoms with Gasteiger partial charge in [0.25, 0.3) is 5.91 Å². The van der Waals surface area contributed by atoms with Gasteiger partial charge in [0.1, 0.15) is 11.9 Å². The van der Waals surface area contributed by atoms with E-state index in [2.05, 4.69) is 76.3 Å². The molecule has 43 heavy (non-hydrogen) atoms. The number of carbonyl (C=O) groups excluding carboxylic acids is 1. The predicted molar refractivity (Wildman–Crippen MR) is 186 cm³/mol. The first kappa shape index (κ1) is 37.8. The van der Waals surface area contributed by atoms with Crippen molar-refractivity contribution in [2.45, 2.75) is 107 Å². The van der Waals surface area contributed by atoms with Gasteiger partial charge in [-0.05, 0) is 88.9 Å². The van der Waals surface area contributed by atoms with Gasteiger partial charge in [0.15, 0.2) is 0 Å². The van der Waals surface area contributed by atoms with Crippen LogP contribution in [-0.4, -0.2) is 36.7 Å². The fourth-order valence-electron chi connectivity index (χ4n) is 4.39. The maximum Gasteiger partial charge on any atom is 0.255 e. The van der Waals surface area contributed by atoms with E-state index in [-0.39, 0.29) is 12.0 Å². The third kappa shape index (κ3) is 13.8. The molecule has 2 atom stereocenters. The highest BCUT2D eigenvalue weighted by molar-refractivity contribution is 5.97. The number of nitrogens with zero attached hydrogens (tertiary/aromatic N) is 2. The molecule has 2 rings (SSSR count). The maximum atomic E-state index is 14.1. The van der Waals surface area contributed by atoms with Crippen LogP contribution in [0.15, 0.2) is 82.5 Å². The number of carbonyl (C=O) groups is 1. The number of hydrogen-bond acceptors (Lipinski definition) is 4. The largest absolute Gasteiger partial charge is 0.486 e.